The number of unbranched alkanes of at least 4 members (excludes halogenated alkanes) is 42. The van der Waals surface area contributed by atoms with Gasteiger partial charge in [-0.3, -0.25) is 14.4 Å². The highest BCUT2D eigenvalue weighted by molar-refractivity contribution is 5.71. The minimum atomic E-state index is -0.773. The maximum Gasteiger partial charge on any atom is 0.306 e. The molecule has 0 bridgehead atoms. The third-order valence-electron chi connectivity index (χ3n) is 13.9. The summed E-state index contributed by atoms with van der Waals surface area (Å²) < 4.78 is 16.9. The van der Waals surface area contributed by atoms with Crippen LogP contribution < -0.4 is 0 Å². The number of carbonyl (C=O) groups is 3. The first-order valence-electron chi connectivity index (χ1n) is 30.8. The van der Waals surface area contributed by atoms with Crippen molar-refractivity contribution < 1.29 is 28.6 Å². The zero-order valence-corrected chi connectivity index (χ0v) is 46.6. The molecule has 0 saturated carbocycles. The van der Waals surface area contributed by atoms with E-state index in [1.807, 2.05) is 0 Å². The second kappa shape index (κ2) is 58.5. The lowest BCUT2D eigenvalue weighted by Crippen LogP contribution is -2.30. The van der Waals surface area contributed by atoms with Gasteiger partial charge in [0.25, 0.3) is 0 Å². The molecular formula is C63H118O6. The first kappa shape index (κ1) is 66.9. The Hall–Kier alpha value is -2.11. The highest BCUT2D eigenvalue weighted by atomic mass is 16.6. The molecule has 0 aliphatic rings. The predicted octanol–water partition coefficient (Wildman–Crippen LogP) is 20.7. The van der Waals surface area contributed by atoms with Gasteiger partial charge in [-0.05, 0) is 64.2 Å². The Morgan fingerprint density at radius 3 is 0.783 bits per heavy atom. The summed E-state index contributed by atoms with van der Waals surface area (Å²) in [5, 5.41) is 0. The molecule has 0 spiro atoms. The van der Waals surface area contributed by atoms with Crippen molar-refractivity contribution in [2.45, 2.75) is 348 Å². The molecule has 0 rings (SSSR count). The maximum absolute atomic E-state index is 12.9. The molecule has 0 aliphatic heterocycles. The minimum Gasteiger partial charge on any atom is -0.462 e. The third kappa shape index (κ3) is 56.7. The summed E-state index contributed by atoms with van der Waals surface area (Å²) in [5.74, 6) is -0.865. The summed E-state index contributed by atoms with van der Waals surface area (Å²) in [7, 11) is 0. The van der Waals surface area contributed by atoms with Crippen LogP contribution in [0.15, 0.2) is 24.3 Å². The standard InChI is InChI=1S/C63H118O6/c1-4-7-10-13-16-19-22-24-26-28-30-31-32-33-34-36-37-39-41-44-47-50-53-56-62(65)68-59-60(58-67-61(64)55-52-49-46-43-21-18-15-12-9-6-3)69-63(66)57-54-51-48-45-42-40-38-35-29-27-25-23-20-17-14-11-8-5-2/h12,15,27,29,60H,4-11,13-14,16-26,28,30-59H2,1-3H3/b15-12-,29-27-. The SMILES string of the molecule is CCC/C=C\CCCCCCCC(=O)OCC(COC(=O)CCCCCCCCCCCCCCCCCCCCCCCCC)OC(=O)CCCCCCCCC/C=C\CCCCCCCCC. The lowest BCUT2D eigenvalue weighted by molar-refractivity contribution is -0.167. The van der Waals surface area contributed by atoms with E-state index in [0.29, 0.717) is 19.3 Å². The van der Waals surface area contributed by atoms with Crippen LogP contribution in [0.3, 0.4) is 0 Å². The van der Waals surface area contributed by atoms with E-state index in [1.54, 1.807) is 0 Å². The van der Waals surface area contributed by atoms with Crippen molar-refractivity contribution in [1.82, 2.24) is 0 Å². The van der Waals surface area contributed by atoms with Crippen molar-refractivity contribution in [3.8, 4) is 0 Å². The number of ether oxygens (including phenoxy) is 3. The molecular weight excluding hydrogens is 853 g/mol. The molecule has 406 valence electrons. The molecule has 0 saturated heterocycles. The van der Waals surface area contributed by atoms with Gasteiger partial charge in [0.2, 0.25) is 0 Å². The van der Waals surface area contributed by atoms with Crippen molar-refractivity contribution in [2.24, 2.45) is 0 Å². The van der Waals surface area contributed by atoms with Gasteiger partial charge in [0.05, 0.1) is 0 Å². The smallest absolute Gasteiger partial charge is 0.306 e. The summed E-state index contributed by atoms with van der Waals surface area (Å²) in [4.78, 5) is 38.1. The fraction of sp³-hybridized carbons (Fsp3) is 0.889. The van der Waals surface area contributed by atoms with E-state index in [9.17, 15) is 14.4 Å². The van der Waals surface area contributed by atoms with Gasteiger partial charge >= 0.3 is 17.9 Å². The predicted molar refractivity (Wildman–Crippen MR) is 298 cm³/mol. The van der Waals surface area contributed by atoms with Crippen LogP contribution >= 0.6 is 0 Å². The number of rotatable bonds is 57. The lowest BCUT2D eigenvalue weighted by atomic mass is 10.0. The van der Waals surface area contributed by atoms with Crippen LogP contribution in [0.25, 0.3) is 0 Å². The van der Waals surface area contributed by atoms with E-state index in [0.717, 1.165) is 70.6 Å². The maximum atomic E-state index is 12.9. The van der Waals surface area contributed by atoms with Crippen LogP contribution in [0.1, 0.15) is 342 Å². The minimum absolute atomic E-state index is 0.0712. The topological polar surface area (TPSA) is 78.9 Å². The molecule has 6 heteroatoms. The Labute approximate surface area is 430 Å². The number of hydrogen-bond acceptors (Lipinski definition) is 6. The van der Waals surface area contributed by atoms with Crippen molar-refractivity contribution >= 4 is 17.9 Å². The van der Waals surface area contributed by atoms with Crippen molar-refractivity contribution in [1.29, 1.82) is 0 Å². The molecule has 0 radical (unpaired) electrons. The van der Waals surface area contributed by atoms with Crippen molar-refractivity contribution in [3.05, 3.63) is 24.3 Å². The Balaban J connectivity index is 4.20. The van der Waals surface area contributed by atoms with Gasteiger partial charge in [-0.25, -0.2) is 0 Å². The molecule has 0 heterocycles. The Morgan fingerprint density at radius 1 is 0.275 bits per heavy atom. The van der Waals surface area contributed by atoms with E-state index in [2.05, 4.69) is 45.1 Å². The zero-order valence-electron chi connectivity index (χ0n) is 46.6. The molecule has 0 aromatic heterocycles. The van der Waals surface area contributed by atoms with Crippen molar-refractivity contribution in [2.75, 3.05) is 13.2 Å². The average molecular weight is 972 g/mol. The van der Waals surface area contributed by atoms with Crippen LogP contribution in [-0.2, 0) is 28.6 Å². The Morgan fingerprint density at radius 2 is 0.507 bits per heavy atom. The van der Waals surface area contributed by atoms with Crippen LogP contribution in [0.5, 0.6) is 0 Å². The molecule has 0 aromatic carbocycles. The normalized spacial score (nSPS) is 12.1. The van der Waals surface area contributed by atoms with Gasteiger partial charge in [-0.15, -0.1) is 0 Å². The second-order valence-electron chi connectivity index (χ2n) is 21.0. The van der Waals surface area contributed by atoms with E-state index in [-0.39, 0.29) is 31.1 Å². The molecule has 0 aromatic rings. The molecule has 0 aliphatic carbocycles. The molecule has 0 N–H and O–H groups in total. The number of hydrogen-bond donors (Lipinski definition) is 0. The summed E-state index contributed by atoms with van der Waals surface area (Å²) in [6, 6.07) is 0. The number of carbonyl (C=O) groups excluding carboxylic acids is 3. The van der Waals surface area contributed by atoms with E-state index in [4.69, 9.17) is 14.2 Å². The van der Waals surface area contributed by atoms with Gasteiger partial charge in [-0.1, -0.05) is 283 Å². The zero-order chi connectivity index (χ0) is 50.0. The summed E-state index contributed by atoms with van der Waals surface area (Å²) >= 11 is 0. The van der Waals surface area contributed by atoms with E-state index >= 15 is 0 Å². The van der Waals surface area contributed by atoms with Crippen LogP contribution in [-0.4, -0.2) is 37.2 Å². The first-order valence-corrected chi connectivity index (χ1v) is 30.8. The van der Waals surface area contributed by atoms with Crippen molar-refractivity contribution in [3.63, 3.8) is 0 Å². The van der Waals surface area contributed by atoms with Crippen LogP contribution in [0.2, 0.25) is 0 Å². The fourth-order valence-corrected chi connectivity index (χ4v) is 9.27. The Bertz CT molecular complexity index is 1110. The molecule has 0 amide bonds. The summed E-state index contributed by atoms with van der Waals surface area (Å²) in [6.07, 6.45) is 69.1. The fourth-order valence-electron chi connectivity index (χ4n) is 9.27. The molecule has 1 atom stereocenters. The van der Waals surface area contributed by atoms with Crippen LogP contribution in [0, 0.1) is 0 Å². The Kier molecular flexibility index (Phi) is 56.7. The highest BCUT2D eigenvalue weighted by Gasteiger charge is 2.19. The van der Waals surface area contributed by atoms with Gasteiger partial charge in [0, 0.05) is 19.3 Å². The van der Waals surface area contributed by atoms with Gasteiger partial charge in [0.15, 0.2) is 6.10 Å². The van der Waals surface area contributed by atoms with Gasteiger partial charge < -0.3 is 14.2 Å². The average Bonchev–Trinajstić information content (AvgIpc) is 3.35. The van der Waals surface area contributed by atoms with E-state index in [1.165, 1.54) is 231 Å². The molecule has 0 fully saturated rings. The molecule has 1 unspecified atom stereocenters. The lowest BCUT2D eigenvalue weighted by Gasteiger charge is -2.18. The quantitative estimate of drug-likeness (QED) is 0.0261. The monoisotopic (exact) mass is 971 g/mol. The summed E-state index contributed by atoms with van der Waals surface area (Å²) in [6.45, 7) is 6.62. The third-order valence-corrected chi connectivity index (χ3v) is 13.9. The second-order valence-corrected chi connectivity index (χ2v) is 21.0. The molecule has 69 heavy (non-hydrogen) atoms. The van der Waals surface area contributed by atoms with Crippen LogP contribution in [0.4, 0.5) is 0 Å². The van der Waals surface area contributed by atoms with E-state index < -0.39 is 6.10 Å². The number of allylic oxidation sites excluding steroid dienone is 4. The van der Waals surface area contributed by atoms with Gasteiger partial charge in [-0.2, -0.15) is 0 Å². The van der Waals surface area contributed by atoms with Gasteiger partial charge in [0.1, 0.15) is 13.2 Å². The molecule has 6 nitrogen and oxygen atoms in total. The first-order chi connectivity index (χ1) is 34.0. The number of esters is 3. The highest BCUT2D eigenvalue weighted by Crippen LogP contribution is 2.17. The largest absolute Gasteiger partial charge is 0.462 e. The summed E-state index contributed by atoms with van der Waals surface area (Å²) in [5.41, 5.74) is 0.